The Morgan fingerprint density at radius 3 is 1.81 bits per heavy atom. The Hall–Kier alpha value is -1.50. The first-order chi connectivity index (χ1) is 14.5. The van der Waals surface area contributed by atoms with Crippen molar-refractivity contribution in [2.45, 2.75) is 77.9 Å². The van der Waals surface area contributed by atoms with Crippen molar-refractivity contribution in [1.82, 2.24) is 0 Å². The lowest BCUT2D eigenvalue weighted by Gasteiger charge is -2.39. The fourth-order valence-electron chi connectivity index (χ4n) is 4.19. The third-order valence-electron chi connectivity index (χ3n) is 5.58. The second kappa shape index (κ2) is 10.9. The molecule has 2 rings (SSSR count). The van der Waals surface area contributed by atoms with Gasteiger partial charge in [-0.2, -0.15) is 5.26 Å². The van der Waals surface area contributed by atoms with Gasteiger partial charge in [0.2, 0.25) is 8.32 Å². The largest absolute Gasteiger partial charge is 0.437 e. The summed E-state index contributed by atoms with van der Waals surface area (Å²) in [5.41, 5.74) is 2.97. The first kappa shape index (κ1) is 25.8. The number of rotatable bonds is 11. The van der Waals surface area contributed by atoms with Gasteiger partial charge in [0.05, 0.1) is 11.6 Å². The van der Waals surface area contributed by atoms with Gasteiger partial charge in [-0.15, -0.1) is 0 Å². The van der Waals surface area contributed by atoms with Crippen LogP contribution in [0.25, 0.3) is 11.1 Å². The molecule has 0 heterocycles. The summed E-state index contributed by atoms with van der Waals surface area (Å²) in [6.45, 7) is 15.9. The van der Waals surface area contributed by atoms with Gasteiger partial charge in [0.25, 0.3) is 0 Å². The van der Waals surface area contributed by atoms with Crippen molar-refractivity contribution < 1.29 is 8.23 Å². The summed E-state index contributed by atoms with van der Waals surface area (Å²) in [5, 5.41) is 10.3. The lowest BCUT2D eigenvalue weighted by atomic mass is 10.0. The highest BCUT2D eigenvalue weighted by molar-refractivity contribution is 6.93. The highest BCUT2D eigenvalue weighted by Crippen LogP contribution is 2.25. The molecule has 3 nitrogen and oxygen atoms in total. The minimum Gasteiger partial charge on any atom is -0.437 e. The number of nitriles is 1. The summed E-state index contributed by atoms with van der Waals surface area (Å²) in [5.74, 6) is 0. The molecule has 0 fully saturated rings. The molecule has 6 heteroatoms. The van der Waals surface area contributed by atoms with Crippen LogP contribution in [0.5, 0.6) is 0 Å². The van der Waals surface area contributed by atoms with Crippen molar-refractivity contribution in [1.29, 1.82) is 5.26 Å². The summed E-state index contributed by atoms with van der Waals surface area (Å²) in [6.07, 6.45) is 5.18. The minimum atomic E-state index is -2.22. The van der Waals surface area contributed by atoms with Crippen molar-refractivity contribution in [3.05, 3.63) is 54.1 Å². The normalized spacial score (nSPS) is 12.6. The maximum Gasteiger partial charge on any atom is 0.311 e. The quantitative estimate of drug-likeness (QED) is 0.259. The first-order valence-corrected chi connectivity index (χ1v) is 20.3. The predicted octanol–water partition coefficient (Wildman–Crippen LogP) is 7.16. The second-order valence-corrected chi connectivity index (χ2v) is 22.0. The molecule has 2 aromatic carbocycles. The Balaban J connectivity index is 2.05. The Bertz CT molecular complexity index is 869. The molecule has 2 aromatic rings. The maximum absolute atomic E-state index is 8.99. The zero-order valence-corrected chi connectivity index (χ0v) is 23.4. The molecule has 0 amide bonds. The van der Waals surface area contributed by atoms with Crippen LogP contribution in [-0.4, -0.2) is 25.2 Å². The van der Waals surface area contributed by atoms with Gasteiger partial charge in [-0.3, -0.25) is 0 Å². The molecular formula is C25H39NO2Si3. The molecule has 0 saturated carbocycles. The zero-order valence-electron chi connectivity index (χ0n) is 20.4. The number of benzene rings is 2. The smallest absolute Gasteiger partial charge is 0.311 e. The van der Waals surface area contributed by atoms with Gasteiger partial charge in [-0.25, -0.2) is 0 Å². The Morgan fingerprint density at radius 1 is 0.742 bits per heavy atom. The van der Waals surface area contributed by atoms with Crippen LogP contribution in [0.1, 0.15) is 38.2 Å². The summed E-state index contributed by atoms with van der Waals surface area (Å²) in [6, 6.07) is 19.9. The van der Waals surface area contributed by atoms with Crippen LogP contribution in [0.15, 0.2) is 48.5 Å². The lowest BCUT2D eigenvalue weighted by Crippen LogP contribution is -2.56. The molecule has 0 aliphatic rings. The monoisotopic (exact) mass is 469 g/mol. The van der Waals surface area contributed by atoms with E-state index in [-0.39, 0.29) is 0 Å². The highest BCUT2D eigenvalue weighted by Gasteiger charge is 2.40. The number of hydrogen-bond acceptors (Lipinski definition) is 3. The van der Waals surface area contributed by atoms with Crippen molar-refractivity contribution in [3.8, 4) is 17.2 Å². The van der Waals surface area contributed by atoms with Crippen LogP contribution in [0.3, 0.4) is 0 Å². The highest BCUT2D eigenvalue weighted by atomic mass is 28.5. The van der Waals surface area contributed by atoms with Gasteiger partial charge < -0.3 is 8.23 Å². The van der Waals surface area contributed by atoms with Crippen LogP contribution < -0.4 is 5.19 Å². The molecule has 168 valence electrons. The van der Waals surface area contributed by atoms with Crippen LogP contribution >= 0.6 is 0 Å². The van der Waals surface area contributed by atoms with Crippen LogP contribution in [0.4, 0.5) is 0 Å². The number of unbranched alkanes of at least 4 members (excludes halogenated alkanes) is 3. The van der Waals surface area contributed by atoms with Gasteiger partial charge in [-0.1, -0.05) is 69.0 Å². The molecule has 0 aromatic heterocycles. The standard InChI is InChI=1S/C25H39NO2Si3/c1-8-9-10-11-20-29(2,3)27-31(6,7)28-30(4,5)25-18-16-24(17-19-25)23-14-12-22(21-26)13-15-23/h12-19H,8-11,20H2,1-7H3. The van der Waals surface area contributed by atoms with E-state index >= 15 is 0 Å². The van der Waals surface area contributed by atoms with Crippen molar-refractivity contribution in [2.24, 2.45) is 0 Å². The summed E-state index contributed by atoms with van der Waals surface area (Å²) in [7, 11) is -6.02. The van der Waals surface area contributed by atoms with Gasteiger partial charge in [0, 0.05) is 0 Å². The van der Waals surface area contributed by atoms with Gasteiger partial charge >= 0.3 is 8.56 Å². The topological polar surface area (TPSA) is 42.2 Å². The maximum atomic E-state index is 8.99. The molecule has 0 aliphatic heterocycles. The molecule has 0 spiro atoms. The fraction of sp³-hybridized carbons (Fsp3) is 0.480. The molecule has 0 aliphatic carbocycles. The first-order valence-electron chi connectivity index (χ1n) is 11.5. The molecule has 0 unspecified atom stereocenters. The van der Waals surface area contributed by atoms with Crippen molar-refractivity contribution in [3.63, 3.8) is 0 Å². The van der Waals surface area contributed by atoms with E-state index in [1.807, 2.05) is 24.3 Å². The summed E-state index contributed by atoms with van der Waals surface area (Å²) in [4.78, 5) is 0. The molecule has 0 atom stereocenters. The van der Waals surface area contributed by atoms with E-state index in [9.17, 15) is 0 Å². The Kier molecular flexibility index (Phi) is 9.04. The van der Waals surface area contributed by atoms with E-state index in [0.29, 0.717) is 5.56 Å². The molecule has 0 saturated heterocycles. The van der Waals surface area contributed by atoms with Gasteiger partial charge in [0.15, 0.2) is 8.32 Å². The average Bonchev–Trinajstić information content (AvgIpc) is 2.70. The van der Waals surface area contributed by atoms with E-state index in [1.165, 1.54) is 36.9 Å². The van der Waals surface area contributed by atoms with E-state index in [2.05, 4.69) is 76.5 Å². The van der Waals surface area contributed by atoms with E-state index in [1.54, 1.807) is 0 Å². The molecule has 0 radical (unpaired) electrons. The molecular weight excluding hydrogens is 431 g/mol. The number of nitrogens with zero attached hydrogens (tertiary/aromatic N) is 1. The third-order valence-corrected chi connectivity index (χ3v) is 17.0. The van der Waals surface area contributed by atoms with Crippen LogP contribution in [0.2, 0.25) is 45.3 Å². The van der Waals surface area contributed by atoms with Crippen molar-refractivity contribution >= 4 is 30.4 Å². The second-order valence-electron chi connectivity index (χ2n) is 9.95. The van der Waals surface area contributed by atoms with Gasteiger partial charge in [-0.05, 0) is 73.8 Å². The Labute approximate surface area is 192 Å². The van der Waals surface area contributed by atoms with Crippen LogP contribution in [0, 0.1) is 11.3 Å². The number of hydrogen-bond donors (Lipinski definition) is 0. The third kappa shape index (κ3) is 8.17. The van der Waals surface area contributed by atoms with Crippen molar-refractivity contribution in [2.75, 3.05) is 0 Å². The lowest BCUT2D eigenvalue weighted by molar-refractivity contribution is 0.393. The minimum absolute atomic E-state index is 0.686. The molecule has 0 bridgehead atoms. The summed E-state index contributed by atoms with van der Waals surface area (Å²) < 4.78 is 13.5. The fourth-order valence-corrected chi connectivity index (χ4v) is 17.9. The zero-order chi connectivity index (χ0) is 23.1. The van der Waals surface area contributed by atoms with Gasteiger partial charge in [0.1, 0.15) is 0 Å². The molecule has 0 N–H and O–H groups in total. The summed E-state index contributed by atoms with van der Waals surface area (Å²) >= 11 is 0. The van der Waals surface area contributed by atoms with E-state index < -0.39 is 25.2 Å². The predicted molar refractivity (Wildman–Crippen MR) is 140 cm³/mol. The van der Waals surface area contributed by atoms with E-state index in [4.69, 9.17) is 13.5 Å². The Morgan fingerprint density at radius 2 is 1.29 bits per heavy atom. The molecule has 31 heavy (non-hydrogen) atoms. The van der Waals surface area contributed by atoms with E-state index in [0.717, 1.165) is 11.1 Å². The average molecular weight is 470 g/mol. The SMILES string of the molecule is CCCCCC[Si](C)(C)O[Si](C)(C)O[Si](C)(C)c1ccc(-c2ccc(C#N)cc2)cc1. The van der Waals surface area contributed by atoms with Crippen LogP contribution in [-0.2, 0) is 8.23 Å².